The van der Waals surface area contributed by atoms with Crippen LogP contribution in [0.25, 0.3) is 0 Å². The summed E-state index contributed by atoms with van der Waals surface area (Å²) in [7, 11) is 0. The number of carbonyl (C=O) groups is 2. The lowest BCUT2D eigenvalue weighted by Crippen LogP contribution is -2.47. The van der Waals surface area contributed by atoms with Crippen LogP contribution in [0.15, 0.2) is 0 Å². The van der Waals surface area contributed by atoms with Crippen molar-refractivity contribution in [2.75, 3.05) is 13.1 Å². The van der Waals surface area contributed by atoms with E-state index in [0.29, 0.717) is 25.0 Å². The van der Waals surface area contributed by atoms with Crippen LogP contribution in [-0.4, -0.2) is 47.1 Å². The number of likely N-dealkylation sites (N-methyl/N-ethyl adjacent to an activating group) is 1. The van der Waals surface area contributed by atoms with Gasteiger partial charge in [-0.25, -0.2) is 0 Å². The summed E-state index contributed by atoms with van der Waals surface area (Å²) < 4.78 is 0. The Hall–Kier alpha value is -1.10. The van der Waals surface area contributed by atoms with Gasteiger partial charge in [0.05, 0.1) is 12.0 Å². The van der Waals surface area contributed by atoms with Crippen LogP contribution < -0.4 is 5.32 Å². The van der Waals surface area contributed by atoms with Gasteiger partial charge in [-0.2, -0.15) is 0 Å². The summed E-state index contributed by atoms with van der Waals surface area (Å²) in [5, 5.41) is 12.5. The molecule has 0 aromatic carbocycles. The van der Waals surface area contributed by atoms with E-state index in [1.165, 1.54) is 25.7 Å². The third-order valence-electron chi connectivity index (χ3n) is 4.77. The van der Waals surface area contributed by atoms with Gasteiger partial charge in [0.15, 0.2) is 0 Å². The fourth-order valence-electron chi connectivity index (χ4n) is 3.51. The molecule has 0 spiro atoms. The smallest absolute Gasteiger partial charge is 0.308 e. The molecule has 2 N–H and O–H groups in total. The number of hydrogen-bond donors (Lipinski definition) is 2. The van der Waals surface area contributed by atoms with Gasteiger partial charge in [-0.3, -0.25) is 9.59 Å². The zero-order valence-electron chi connectivity index (χ0n) is 12.5. The van der Waals surface area contributed by atoms with Crippen LogP contribution in [-0.2, 0) is 9.59 Å². The number of amides is 1. The Morgan fingerprint density at radius 1 is 1.35 bits per heavy atom. The number of nitrogens with one attached hydrogen (secondary N) is 1. The predicted octanol–water partition coefficient (Wildman–Crippen LogP) is 1.48. The molecule has 114 valence electrons. The van der Waals surface area contributed by atoms with Crippen molar-refractivity contribution in [3.05, 3.63) is 0 Å². The third-order valence-corrected chi connectivity index (χ3v) is 4.77. The summed E-state index contributed by atoms with van der Waals surface area (Å²) in [4.78, 5) is 25.2. The Morgan fingerprint density at radius 3 is 2.65 bits per heavy atom. The fourth-order valence-corrected chi connectivity index (χ4v) is 3.51. The van der Waals surface area contributed by atoms with Crippen molar-refractivity contribution in [1.29, 1.82) is 0 Å². The summed E-state index contributed by atoms with van der Waals surface area (Å²) in [5.74, 6) is -0.643. The summed E-state index contributed by atoms with van der Waals surface area (Å²) >= 11 is 0. The maximum atomic E-state index is 12.5. The number of fused-ring (bicyclic) bond motifs is 1. The first-order valence-corrected chi connectivity index (χ1v) is 7.80. The normalized spacial score (nSPS) is 30.6. The van der Waals surface area contributed by atoms with Gasteiger partial charge in [0.25, 0.3) is 0 Å². The number of hydrogen-bond acceptors (Lipinski definition) is 3. The molecule has 1 aliphatic carbocycles. The van der Waals surface area contributed by atoms with Gasteiger partial charge in [-0.15, -0.1) is 0 Å². The van der Waals surface area contributed by atoms with Gasteiger partial charge in [0.2, 0.25) is 5.91 Å². The van der Waals surface area contributed by atoms with Gasteiger partial charge in [0, 0.05) is 19.1 Å². The first-order chi connectivity index (χ1) is 9.52. The highest BCUT2D eigenvalue weighted by Gasteiger charge is 2.39. The zero-order valence-corrected chi connectivity index (χ0v) is 12.5. The molecule has 0 bridgehead atoms. The van der Waals surface area contributed by atoms with E-state index in [-0.39, 0.29) is 11.9 Å². The van der Waals surface area contributed by atoms with Crippen LogP contribution in [0, 0.1) is 11.8 Å². The van der Waals surface area contributed by atoms with E-state index >= 15 is 0 Å². The largest absolute Gasteiger partial charge is 0.481 e. The summed E-state index contributed by atoms with van der Waals surface area (Å²) in [6.45, 7) is 4.44. The Labute approximate surface area is 120 Å². The van der Waals surface area contributed by atoms with Crippen LogP contribution in [0.5, 0.6) is 0 Å². The SMILES string of the molecule is CCN(CC(C)C(=O)O)C(=O)C1CC2CCCCC2N1. The number of carboxylic acids is 1. The fraction of sp³-hybridized carbons (Fsp3) is 0.867. The molecule has 2 aliphatic rings. The standard InChI is InChI=1S/C15H26N2O3/c1-3-17(9-10(2)15(19)20)14(18)13-8-11-6-4-5-7-12(11)16-13/h10-13,16H,3-9H2,1-2H3,(H,19,20). The van der Waals surface area contributed by atoms with Crippen LogP contribution >= 0.6 is 0 Å². The molecule has 20 heavy (non-hydrogen) atoms. The van der Waals surface area contributed by atoms with Crippen LogP contribution in [0.2, 0.25) is 0 Å². The van der Waals surface area contributed by atoms with Crippen molar-refractivity contribution in [1.82, 2.24) is 10.2 Å². The van der Waals surface area contributed by atoms with Gasteiger partial charge < -0.3 is 15.3 Å². The highest BCUT2D eigenvalue weighted by atomic mass is 16.4. The highest BCUT2D eigenvalue weighted by Crippen LogP contribution is 2.33. The lowest BCUT2D eigenvalue weighted by molar-refractivity contribution is -0.143. The number of carbonyl (C=O) groups excluding carboxylic acids is 1. The van der Waals surface area contributed by atoms with Crippen LogP contribution in [0.4, 0.5) is 0 Å². The quantitative estimate of drug-likeness (QED) is 0.801. The van der Waals surface area contributed by atoms with E-state index in [0.717, 1.165) is 6.42 Å². The van der Waals surface area contributed by atoms with E-state index in [2.05, 4.69) is 5.32 Å². The molecule has 5 nitrogen and oxygen atoms in total. The molecule has 1 aliphatic heterocycles. The average molecular weight is 282 g/mol. The minimum Gasteiger partial charge on any atom is -0.481 e. The first kappa shape index (κ1) is 15.3. The Bertz CT molecular complexity index is 358. The van der Waals surface area contributed by atoms with Crippen molar-refractivity contribution in [3.63, 3.8) is 0 Å². The van der Waals surface area contributed by atoms with Crippen molar-refractivity contribution in [2.24, 2.45) is 11.8 Å². The van der Waals surface area contributed by atoms with Crippen LogP contribution in [0.1, 0.15) is 46.0 Å². The summed E-state index contributed by atoms with van der Waals surface area (Å²) in [6.07, 6.45) is 5.84. The van der Waals surface area contributed by atoms with Crippen molar-refractivity contribution in [3.8, 4) is 0 Å². The Balaban J connectivity index is 1.93. The predicted molar refractivity (Wildman–Crippen MR) is 76.3 cm³/mol. The molecule has 0 aromatic heterocycles. The van der Waals surface area contributed by atoms with Gasteiger partial charge in [-0.05, 0) is 32.1 Å². The number of carboxylic acid groups (broad SMARTS) is 1. The van der Waals surface area contributed by atoms with E-state index in [1.807, 2.05) is 6.92 Å². The molecule has 5 heteroatoms. The molecular formula is C15H26N2O3. The van der Waals surface area contributed by atoms with Crippen molar-refractivity contribution < 1.29 is 14.7 Å². The molecule has 1 saturated carbocycles. The second kappa shape index (κ2) is 6.57. The topological polar surface area (TPSA) is 69.6 Å². The monoisotopic (exact) mass is 282 g/mol. The number of nitrogens with zero attached hydrogens (tertiary/aromatic N) is 1. The molecule has 1 saturated heterocycles. The summed E-state index contributed by atoms with van der Waals surface area (Å²) in [5.41, 5.74) is 0. The van der Waals surface area contributed by atoms with E-state index in [4.69, 9.17) is 5.11 Å². The second-order valence-corrected chi connectivity index (χ2v) is 6.22. The first-order valence-electron chi connectivity index (χ1n) is 7.80. The maximum absolute atomic E-state index is 12.5. The number of aliphatic carboxylic acids is 1. The second-order valence-electron chi connectivity index (χ2n) is 6.22. The zero-order chi connectivity index (χ0) is 14.7. The molecule has 1 heterocycles. The third kappa shape index (κ3) is 3.32. The number of rotatable bonds is 5. The van der Waals surface area contributed by atoms with Crippen LogP contribution in [0.3, 0.4) is 0 Å². The van der Waals surface area contributed by atoms with Gasteiger partial charge in [0.1, 0.15) is 0 Å². The van der Waals surface area contributed by atoms with E-state index in [1.54, 1.807) is 11.8 Å². The molecule has 4 atom stereocenters. The van der Waals surface area contributed by atoms with Crippen molar-refractivity contribution >= 4 is 11.9 Å². The maximum Gasteiger partial charge on any atom is 0.308 e. The van der Waals surface area contributed by atoms with Gasteiger partial charge >= 0.3 is 5.97 Å². The highest BCUT2D eigenvalue weighted by molar-refractivity contribution is 5.83. The van der Waals surface area contributed by atoms with Crippen molar-refractivity contribution in [2.45, 2.75) is 58.0 Å². The van der Waals surface area contributed by atoms with Gasteiger partial charge in [-0.1, -0.05) is 19.8 Å². The average Bonchev–Trinajstić information content (AvgIpc) is 2.87. The summed E-state index contributed by atoms with van der Waals surface area (Å²) in [6, 6.07) is 0.386. The molecule has 2 fully saturated rings. The molecule has 4 unspecified atom stereocenters. The molecule has 0 radical (unpaired) electrons. The molecule has 2 rings (SSSR count). The molecule has 0 aromatic rings. The Morgan fingerprint density at radius 2 is 2.05 bits per heavy atom. The lowest BCUT2D eigenvalue weighted by atomic mass is 9.85. The molecular weight excluding hydrogens is 256 g/mol. The minimum atomic E-state index is -0.843. The minimum absolute atomic E-state index is 0.0787. The molecule has 1 amide bonds. The Kier molecular flexibility index (Phi) is 5.02. The van der Waals surface area contributed by atoms with E-state index in [9.17, 15) is 9.59 Å². The van der Waals surface area contributed by atoms with E-state index < -0.39 is 11.9 Å². The lowest BCUT2D eigenvalue weighted by Gasteiger charge is -2.26.